The number of nitrogens with two attached hydrogens (primary N) is 3. The van der Waals surface area contributed by atoms with Crippen molar-refractivity contribution >= 4 is 35.6 Å². The summed E-state index contributed by atoms with van der Waals surface area (Å²) in [5.74, 6) is -6.56. The van der Waals surface area contributed by atoms with Crippen molar-refractivity contribution in [1.82, 2.24) is 16.0 Å². The molecular weight excluding hydrogens is 488 g/mol. The number of rotatable bonds is 17. The van der Waals surface area contributed by atoms with E-state index in [9.17, 15) is 33.9 Å². The van der Waals surface area contributed by atoms with Gasteiger partial charge in [-0.05, 0) is 37.8 Å². The predicted octanol–water partition coefficient (Wildman–Crippen LogP) is -2.43. The Bertz CT molecular complexity index is 958. The van der Waals surface area contributed by atoms with Crippen molar-refractivity contribution in [2.24, 2.45) is 17.2 Å². The van der Waals surface area contributed by atoms with E-state index in [0.29, 0.717) is 19.4 Å². The molecule has 4 amide bonds. The number of carboxylic acid groups (broad SMARTS) is 2. The number of carbonyl (C=O) groups excluding carboxylic acids is 4. The molecule has 37 heavy (non-hydrogen) atoms. The lowest BCUT2D eigenvalue weighted by molar-refractivity contribution is -0.147. The van der Waals surface area contributed by atoms with Crippen molar-refractivity contribution in [3.05, 3.63) is 35.9 Å². The smallest absolute Gasteiger partial charge is 0.326 e. The minimum Gasteiger partial charge on any atom is -0.481 e. The van der Waals surface area contributed by atoms with E-state index in [-0.39, 0.29) is 12.8 Å². The lowest BCUT2D eigenvalue weighted by Crippen LogP contribution is -2.58. The van der Waals surface area contributed by atoms with Crippen LogP contribution in [0.15, 0.2) is 30.3 Å². The van der Waals surface area contributed by atoms with Crippen LogP contribution in [-0.2, 0) is 35.2 Å². The van der Waals surface area contributed by atoms with Crippen LogP contribution < -0.4 is 33.2 Å². The Morgan fingerprint density at radius 1 is 0.784 bits per heavy atom. The van der Waals surface area contributed by atoms with Crippen LogP contribution in [0.4, 0.5) is 0 Å². The molecule has 0 saturated carbocycles. The number of carbonyl (C=O) groups is 6. The minimum atomic E-state index is -1.74. The zero-order valence-corrected chi connectivity index (χ0v) is 20.2. The van der Waals surface area contributed by atoms with Crippen LogP contribution >= 0.6 is 0 Å². The molecule has 0 fully saturated rings. The summed E-state index contributed by atoms with van der Waals surface area (Å²) in [4.78, 5) is 72.1. The SMILES string of the molecule is NCCCCC(NC(=O)C(CC(N)=O)NC(=O)C(N)Cc1ccccc1)C(=O)NC(CC(=O)O)C(=O)O. The molecule has 204 valence electrons. The van der Waals surface area contributed by atoms with Crippen molar-refractivity contribution in [2.75, 3.05) is 6.54 Å². The highest BCUT2D eigenvalue weighted by molar-refractivity contribution is 5.96. The first-order valence-corrected chi connectivity index (χ1v) is 11.6. The van der Waals surface area contributed by atoms with Gasteiger partial charge in [-0.15, -0.1) is 0 Å². The molecule has 0 saturated heterocycles. The molecule has 4 atom stereocenters. The van der Waals surface area contributed by atoms with Crippen molar-refractivity contribution in [3.63, 3.8) is 0 Å². The van der Waals surface area contributed by atoms with Gasteiger partial charge in [0.1, 0.15) is 18.1 Å². The lowest BCUT2D eigenvalue weighted by atomic mass is 10.0. The van der Waals surface area contributed by atoms with Gasteiger partial charge in [-0.25, -0.2) is 4.79 Å². The molecule has 14 nitrogen and oxygen atoms in total. The van der Waals surface area contributed by atoms with Crippen molar-refractivity contribution in [2.45, 2.75) is 62.7 Å². The van der Waals surface area contributed by atoms with Crippen molar-refractivity contribution < 1.29 is 39.0 Å². The fraction of sp³-hybridized carbons (Fsp3) is 0.478. The minimum absolute atomic E-state index is 0.0267. The number of nitrogens with one attached hydrogen (secondary N) is 3. The van der Waals surface area contributed by atoms with E-state index in [2.05, 4.69) is 16.0 Å². The number of primary amides is 1. The van der Waals surface area contributed by atoms with E-state index in [1.165, 1.54) is 0 Å². The zero-order chi connectivity index (χ0) is 28.0. The average molecular weight is 523 g/mol. The van der Waals surface area contributed by atoms with E-state index in [0.717, 1.165) is 5.56 Å². The molecule has 0 aliphatic rings. The molecule has 0 aliphatic carbocycles. The number of carboxylic acids is 2. The van der Waals surface area contributed by atoms with Gasteiger partial charge in [-0.1, -0.05) is 30.3 Å². The lowest BCUT2D eigenvalue weighted by Gasteiger charge is -2.24. The Hall–Kier alpha value is -4.04. The molecule has 11 N–H and O–H groups in total. The van der Waals surface area contributed by atoms with Crippen molar-refractivity contribution in [3.8, 4) is 0 Å². The fourth-order valence-corrected chi connectivity index (χ4v) is 3.33. The number of unbranched alkanes of at least 4 members (excludes halogenated alkanes) is 1. The molecule has 0 aromatic heterocycles. The maximum Gasteiger partial charge on any atom is 0.326 e. The van der Waals surface area contributed by atoms with E-state index in [1.807, 2.05) is 0 Å². The van der Waals surface area contributed by atoms with Gasteiger partial charge in [-0.3, -0.25) is 24.0 Å². The Labute approximate surface area is 213 Å². The van der Waals surface area contributed by atoms with Gasteiger partial charge in [0.2, 0.25) is 23.6 Å². The second-order valence-electron chi connectivity index (χ2n) is 8.37. The van der Waals surface area contributed by atoms with Crippen LogP contribution in [0.1, 0.15) is 37.7 Å². The summed E-state index contributed by atoms with van der Waals surface area (Å²) in [6.07, 6.45) is -0.457. The second kappa shape index (κ2) is 15.9. The average Bonchev–Trinajstić information content (AvgIpc) is 2.82. The van der Waals surface area contributed by atoms with E-state index >= 15 is 0 Å². The van der Waals surface area contributed by atoms with Crippen LogP contribution in [-0.4, -0.2) is 76.5 Å². The summed E-state index contributed by atoms with van der Waals surface area (Å²) < 4.78 is 0. The Kier molecular flexibility index (Phi) is 13.3. The summed E-state index contributed by atoms with van der Waals surface area (Å²) in [7, 11) is 0. The van der Waals surface area contributed by atoms with Gasteiger partial charge in [0.15, 0.2) is 0 Å². The third-order valence-corrected chi connectivity index (χ3v) is 5.25. The normalized spacial score (nSPS) is 13.9. The van der Waals surface area contributed by atoms with Gasteiger partial charge < -0.3 is 43.4 Å². The number of amides is 4. The molecule has 0 heterocycles. The van der Waals surface area contributed by atoms with E-state index < -0.39 is 72.6 Å². The first kappa shape index (κ1) is 31.0. The highest BCUT2D eigenvalue weighted by Crippen LogP contribution is 2.06. The molecule has 0 aliphatic heterocycles. The molecule has 1 aromatic rings. The predicted molar refractivity (Wildman–Crippen MR) is 131 cm³/mol. The zero-order valence-electron chi connectivity index (χ0n) is 20.2. The number of hydrogen-bond donors (Lipinski definition) is 8. The summed E-state index contributed by atoms with van der Waals surface area (Å²) >= 11 is 0. The number of aliphatic carboxylic acids is 2. The standard InChI is InChI=1S/C23H34N6O8/c24-9-5-4-8-15(21(34)29-17(23(36)37)12-19(31)32)27-22(35)16(11-18(26)30)28-20(33)14(25)10-13-6-2-1-3-7-13/h1-3,6-7,14-17H,4-5,8-12,24-25H2,(H2,26,30)(H,27,35)(H,28,33)(H,29,34)(H,31,32)(H,36,37). The maximum atomic E-state index is 13.0. The van der Waals surface area contributed by atoms with Crippen LogP contribution in [0.3, 0.4) is 0 Å². The highest BCUT2D eigenvalue weighted by Gasteiger charge is 2.31. The van der Waals surface area contributed by atoms with Gasteiger partial charge >= 0.3 is 11.9 Å². The number of hydrogen-bond acceptors (Lipinski definition) is 8. The van der Waals surface area contributed by atoms with Crippen LogP contribution in [0.5, 0.6) is 0 Å². The van der Waals surface area contributed by atoms with Gasteiger partial charge in [-0.2, -0.15) is 0 Å². The molecule has 0 bridgehead atoms. The Morgan fingerprint density at radius 2 is 1.35 bits per heavy atom. The maximum absolute atomic E-state index is 13.0. The topological polar surface area (TPSA) is 257 Å². The third kappa shape index (κ3) is 12.0. The molecule has 1 aromatic carbocycles. The molecule has 0 radical (unpaired) electrons. The summed E-state index contributed by atoms with van der Waals surface area (Å²) in [5.41, 5.74) is 17.4. The van der Waals surface area contributed by atoms with Gasteiger partial charge in [0.25, 0.3) is 0 Å². The molecule has 4 unspecified atom stereocenters. The van der Waals surface area contributed by atoms with Crippen molar-refractivity contribution in [1.29, 1.82) is 0 Å². The summed E-state index contributed by atoms with van der Waals surface area (Å²) in [6.45, 7) is 0.290. The Morgan fingerprint density at radius 3 is 1.89 bits per heavy atom. The largest absolute Gasteiger partial charge is 0.481 e. The molecule has 0 spiro atoms. The van der Waals surface area contributed by atoms with Crippen LogP contribution in [0.25, 0.3) is 0 Å². The molecule has 1 rings (SSSR count). The quantitative estimate of drug-likeness (QED) is 0.100. The second-order valence-corrected chi connectivity index (χ2v) is 8.37. The fourth-order valence-electron chi connectivity index (χ4n) is 3.33. The summed E-state index contributed by atoms with van der Waals surface area (Å²) in [6, 6.07) is 3.29. The summed E-state index contributed by atoms with van der Waals surface area (Å²) in [5, 5.41) is 24.9. The van der Waals surface area contributed by atoms with Crippen LogP contribution in [0.2, 0.25) is 0 Å². The Balaban J connectivity index is 2.98. The highest BCUT2D eigenvalue weighted by atomic mass is 16.4. The molecule has 14 heteroatoms. The van der Waals surface area contributed by atoms with Gasteiger partial charge in [0, 0.05) is 0 Å². The number of benzene rings is 1. The van der Waals surface area contributed by atoms with Crippen LogP contribution in [0, 0.1) is 0 Å². The third-order valence-electron chi connectivity index (χ3n) is 5.25. The van der Waals surface area contributed by atoms with E-state index in [4.69, 9.17) is 22.3 Å². The first-order chi connectivity index (χ1) is 17.4. The first-order valence-electron chi connectivity index (χ1n) is 11.6. The monoisotopic (exact) mass is 522 g/mol. The van der Waals surface area contributed by atoms with E-state index in [1.54, 1.807) is 30.3 Å². The molecular formula is C23H34N6O8. The van der Waals surface area contributed by atoms with Gasteiger partial charge in [0.05, 0.1) is 18.9 Å².